The summed E-state index contributed by atoms with van der Waals surface area (Å²) in [5.41, 5.74) is 1.58. The molecule has 1 N–H and O–H groups in total. The van der Waals surface area contributed by atoms with Gasteiger partial charge in [0.2, 0.25) is 10.0 Å². The van der Waals surface area contributed by atoms with Crippen molar-refractivity contribution in [2.75, 3.05) is 10.5 Å². The van der Waals surface area contributed by atoms with Crippen molar-refractivity contribution in [1.82, 2.24) is 9.78 Å². The van der Waals surface area contributed by atoms with Gasteiger partial charge in [0.15, 0.2) is 0 Å². The quantitative estimate of drug-likeness (QED) is 0.919. The second kappa shape index (κ2) is 4.81. The van der Waals surface area contributed by atoms with E-state index in [-0.39, 0.29) is 5.75 Å². The van der Waals surface area contributed by atoms with E-state index in [0.29, 0.717) is 5.82 Å². The number of para-hydroxylation sites is 1. The van der Waals surface area contributed by atoms with E-state index in [2.05, 4.69) is 9.82 Å². The number of benzene rings is 1. The minimum absolute atomic E-state index is 0.0337. The van der Waals surface area contributed by atoms with Crippen molar-refractivity contribution in [1.29, 1.82) is 0 Å². The lowest BCUT2D eigenvalue weighted by Gasteiger charge is -2.09. The van der Waals surface area contributed by atoms with E-state index in [1.807, 2.05) is 37.3 Å². The maximum absolute atomic E-state index is 11.6. The van der Waals surface area contributed by atoms with Gasteiger partial charge in [-0.1, -0.05) is 18.2 Å². The summed E-state index contributed by atoms with van der Waals surface area (Å²) in [6, 6.07) is 11.1. The third kappa shape index (κ3) is 2.70. The maximum atomic E-state index is 11.6. The molecule has 1 aromatic carbocycles. The van der Waals surface area contributed by atoms with Crippen molar-refractivity contribution in [3.8, 4) is 5.69 Å². The summed E-state index contributed by atoms with van der Waals surface area (Å²) in [6.45, 7) is 3.42. The summed E-state index contributed by atoms with van der Waals surface area (Å²) in [7, 11) is -3.30. The van der Waals surface area contributed by atoms with Crippen LogP contribution in [0.1, 0.15) is 12.6 Å². The van der Waals surface area contributed by atoms with Gasteiger partial charge in [-0.25, -0.2) is 13.1 Å². The Kier molecular flexibility index (Phi) is 3.38. The van der Waals surface area contributed by atoms with E-state index in [1.54, 1.807) is 17.7 Å². The number of sulfonamides is 1. The van der Waals surface area contributed by atoms with Gasteiger partial charge in [0.05, 0.1) is 17.1 Å². The first-order valence-corrected chi connectivity index (χ1v) is 7.29. The van der Waals surface area contributed by atoms with E-state index >= 15 is 0 Å². The highest BCUT2D eigenvalue weighted by Gasteiger charge is 2.13. The molecule has 0 aliphatic carbocycles. The Bertz CT molecular complexity index is 633. The van der Waals surface area contributed by atoms with Crippen molar-refractivity contribution >= 4 is 15.8 Å². The van der Waals surface area contributed by atoms with Crippen LogP contribution < -0.4 is 4.72 Å². The number of hydrogen-bond donors (Lipinski definition) is 1. The van der Waals surface area contributed by atoms with Crippen LogP contribution >= 0.6 is 0 Å². The van der Waals surface area contributed by atoms with E-state index in [9.17, 15) is 8.42 Å². The third-order valence-electron chi connectivity index (χ3n) is 2.47. The molecule has 5 nitrogen and oxygen atoms in total. The molecule has 0 bridgehead atoms. The van der Waals surface area contributed by atoms with Gasteiger partial charge in [0, 0.05) is 6.07 Å². The fourth-order valence-electron chi connectivity index (χ4n) is 1.57. The van der Waals surface area contributed by atoms with Crippen molar-refractivity contribution in [3.05, 3.63) is 42.1 Å². The number of aryl methyl sites for hydroxylation is 1. The first kappa shape index (κ1) is 12.6. The lowest BCUT2D eigenvalue weighted by molar-refractivity contribution is 0.602. The van der Waals surface area contributed by atoms with Crippen LogP contribution in [0.5, 0.6) is 0 Å². The lowest BCUT2D eigenvalue weighted by Crippen LogP contribution is -2.17. The van der Waals surface area contributed by atoms with Crippen LogP contribution in [0.4, 0.5) is 5.82 Å². The van der Waals surface area contributed by atoms with Crippen LogP contribution in [-0.2, 0) is 10.0 Å². The maximum Gasteiger partial charge on any atom is 0.233 e. The first-order valence-electron chi connectivity index (χ1n) is 5.64. The number of anilines is 1. The Labute approximate surface area is 107 Å². The van der Waals surface area contributed by atoms with Gasteiger partial charge < -0.3 is 0 Å². The predicted octanol–water partition coefficient (Wildman–Crippen LogP) is 1.94. The Morgan fingerprint density at radius 1 is 1.28 bits per heavy atom. The van der Waals surface area contributed by atoms with Gasteiger partial charge in [-0.15, -0.1) is 0 Å². The van der Waals surface area contributed by atoms with Crippen molar-refractivity contribution in [2.45, 2.75) is 13.8 Å². The molecule has 1 aromatic heterocycles. The van der Waals surface area contributed by atoms with Gasteiger partial charge in [-0.2, -0.15) is 5.10 Å². The lowest BCUT2D eigenvalue weighted by atomic mass is 10.3. The third-order valence-corrected chi connectivity index (χ3v) is 3.75. The molecule has 2 aromatic rings. The summed E-state index contributed by atoms with van der Waals surface area (Å²) in [5, 5.41) is 4.29. The van der Waals surface area contributed by atoms with Gasteiger partial charge in [-0.3, -0.25) is 4.72 Å². The van der Waals surface area contributed by atoms with Crippen LogP contribution in [0.2, 0.25) is 0 Å². The van der Waals surface area contributed by atoms with Crippen LogP contribution in [0.25, 0.3) is 5.69 Å². The fourth-order valence-corrected chi connectivity index (χ4v) is 2.18. The van der Waals surface area contributed by atoms with E-state index in [4.69, 9.17) is 0 Å². The van der Waals surface area contributed by atoms with E-state index in [1.165, 1.54) is 0 Å². The number of nitrogens with one attached hydrogen (secondary N) is 1. The summed E-state index contributed by atoms with van der Waals surface area (Å²) < 4.78 is 27.3. The molecule has 6 heteroatoms. The summed E-state index contributed by atoms with van der Waals surface area (Å²) in [5.74, 6) is 0.493. The molecule has 1 heterocycles. The topological polar surface area (TPSA) is 64.0 Å². The zero-order valence-electron chi connectivity index (χ0n) is 10.3. The monoisotopic (exact) mass is 265 g/mol. The normalized spacial score (nSPS) is 11.4. The van der Waals surface area contributed by atoms with Crippen LogP contribution in [-0.4, -0.2) is 24.0 Å². The average Bonchev–Trinajstić information content (AvgIpc) is 2.70. The second-order valence-electron chi connectivity index (χ2n) is 3.92. The average molecular weight is 265 g/mol. The van der Waals surface area contributed by atoms with E-state index < -0.39 is 10.0 Å². The highest BCUT2D eigenvalue weighted by Crippen LogP contribution is 2.17. The van der Waals surface area contributed by atoms with Gasteiger partial charge in [0.1, 0.15) is 5.82 Å². The minimum Gasteiger partial charge on any atom is -0.267 e. The molecule has 18 heavy (non-hydrogen) atoms. The fraction of sp³-hybridized carbons (Fsp3) is 0.250. The SMILES string of the molecule is CCS(=O)(=O)Nc1cc(C)nn1-c1ccccc1. The van der Waals surface area contributed by atoms with Crippen molar-refractivity contribution < 1.29 is 8.42 Å². The molecule has 0 saturated heterocycles. The van der Waals surface area contributed by atoms with Crippen molar-refractivity contribution in [3.63, 3.8) is 0 Å². The van der Waals surface area contributed by atoms with Crippen molar-refractivity contribution in [2.24, 2.45) is 0 Å². The Morgan fingerprint density at radius 3 is 2.56 bits per heavy atom. The van der Waals surface area contributed by atoms with Crippen LogP contribution in [0.15, 0.2) is 36.4 Å². The molecule has 0 radical (unpaired) electrons. The highest BCUT2D eigenvalue weighted by atomic mass is 32.2. The molecule has 0 atom stereocenters. The first-order chi connectivity index (χ1) is 8.52. The molecular weight excluding hydrogens is 250 g/mol. The smallest absolute Gasteiger partial charge is 0.233 e. The van der Waals surface area contributed by atoms with Gasteiger partial charge in [0.25, 0.3) is 0 Å². The summed E-state index contributed by atoms with van der Waals surface area (Å²) >= 11 is 0. The highest BCUT2D eigenvalue weighted by molar-refractivity contribution is 7.92. The van der Waals surface area contributed by atoms with E-state index in [0.717, 1.165) is 11.4 Å². The molecule has 0 aliphatic heterocycles. The molecule has 0 unspecified atom stereocenters. The molecule has 0 fully saturated rings. The molecule has 2 rings (SSSR count). The molecule has 96 valence electrons. The molecule has 0 saturated carbocycles. The Morgan fingerprint density at radius 2 is 1.94 bits per heavy atom. The van der Waals surface area contributed by atoms with Gasteiger partial charge in [-0.05, 0) is 26.0 Å². The zero-order valence-corrected chi connectivity index (χ0v) is 11.1. The number of hydrogen-bond acceptors (Lipinski definition) is 3. The number of aromatic nitrogens is 2. The predicted molar refractivity (Wildman–Crippen MR) is 71.4 cm³/mol. The van der Waals surface area contributed by atoms with Crippen LogP contribution in [0, 0.1) is 6.92 Å². The largest absolute Gasteiger partial charge is 0.267 e. The number of rotatable bonds is 4. The minimum atomic E-state index is -3.30. The zero-order chi connectivity index (χ0) is 13.2. The van der Waals surface area contributed by atoms with Crippen LogP contribution in [0.3, 0.4) is 0 Å². The number of nitrogens with zero attached hydrogens (tertiary/aromatic N) is 2. The molecule has 0 amide bonds. The molecular formula is C12H15N3O2S. The summed E-state index contributed by atoms with van der Waals surface area (Å²) in [4.78, 5) is 0. The summed E-state index contributed by atoms with van der Waals surface area (Å²) in [6.07, 6.45) is 0. The molecule has 0 spiro atoms. The molecule has 0 aliphatic rings. The Hall–Kier alpha value is -1.82. The van der Waals surface area contributed by atoms with Gasteiger partial charge >= 0.3 is 0 Å². The Balaban J connectivity index is 2.44. The second-order valence-corrected chi connectivity index (χ2v) is 5.93. The standard InChI is InChI=1S/C12H15N3O2S/c1-3-18(16,17)14-12-9-10(2)13-15(12)11-7-5-4-6-8-11/h4-9,14H,3H2,1-2H3.